The topological polar surface area (TPSA) is 69.6 Å². The minimum absolute atomic E-state index is 0.0422. The third-order valence-electron chi connectivity index (χ3n) is 2.08. The number of halogens is 4. The molecule has 18 heavy (non-hydrogen) atoms. The molecule has 8 heteroatoms. The summed E-state index contributed by atoms with van der Waals surface area (Å²) in [5.74, 6) is -4.43. The lowest BCUT2D eigenvalue weighted by Gasteiger charge is -2.13. The monoisotopic (exact) mass is 343 g/mol. The van der Waals surface area contributed by atoms with Crippen molar-refractivity contribution < 1.29 is 23.8 Å². The molecule has 1 rings (SSSR count). The molecule has 3 N–H and O–H groups in total. The Morgan fingerprint density at radius 3 is 2.61 bits per heavy atom. The molecule has 0 amide bonds. The molecule has 0 bridgehead atoms. The average Bonchev–Trinajstić information content (AvgIpc) is 2.32. The fourth-order valence-electron chi connectivity index (χ4n) is 1.19. The Balaban J connectivity index is 3.07. The molecule has 1 unspecified atom stereocenters. The van der Waals surface area contributed by atoms with Gasteiger partial charge in [-0.1, -0.05) is 0 Å². The molecule has 0 spiro atoms. The van der Waals surface area contributed by atoms with Gasteiger partial charge in [0.2, 0.25) is 0 Å². The Kier molecular flexibility index (Phi) is 5.30. The number of carboxylic acids is 1. The van der Waals surface area contributed by atoms with E-state index in [9.17, 15) is 18.7 Å². The summed E-state index contributed by atoms with van der Waals surface area (Å²) in [6, 6.07) is 0.941. The summed E-state index contributed by atoms with van der Waals surface area (Å²) in [5.41, 5.74) is -1.04. The summed E-state index contributed by atoms with van der Waals surface area (Å²) in [5, 5.41) is 20.3. The Morgan fingerprint density at radius 1 is 1.50 bits per heavy atom. The Morgan fingerprint density at radius 2 is 2.11 bits per heavy atom. The second-order valence-corrected chi connectivity index (χ2v) is 4.57. The molecular weight excluding hydrogens is 335 g/mol. The maximum atomic E-state index is 13.6. The van der Waals surface area contributed by atoms with Gasteiger partial charge in [-0.25, -0.2) is 13.6 Å². The quantitative estimate of drug-likeness (QED) is 0.567. The van der Waals surface area contributed by atoms with Crippen molar-refractivity contribution in [3.8, 4) is 0 Å². The lowest BCUT2D eigenvalue weighted by atomic mass is 10.1. The molecule has 1 aromatic carbocycles. The lowest BCUT2D eigenvalue weighted by molar-refractivity contribution is 0.0690. The molecule has 4 nitrogen and oxygen atoms in total. The third kappa shape index (κ3) is 3.30. The first kappa shape index (κ1) is 15.1. The highest BCUT2D eigenvalue weighted by Crippen LogP contribution is 2.30. The van der Waals surface area contributed by atoms with Crippen LogP contribution in [0.5, 0.6) is 0 Å². The fourth-order valence-corrected chi connectivity index (χ4v) is 1.84. The van der Waals surface area contributed by atoms with Crippen LogP contribution in [-0.2, 0) is 0 Å². The van der Waals surface area contributed by atoms with E-state index in [2.05, 4.69) is 21.2 Å². The van der Waals surface area contributed by atoms with Crippen molar-refractivity contribution in [2.45, 2.75) is 6.10 Å². The normalized spacial score (nSPS) is 12.3. The molecule has 0 saturated carbocycles. The number of carboxylic acid groups (broad SMARTS) is 1. The largest absolute Gasteiger partial charge is 0.478 e. The molecule has 0 heterocycles. The van der Waals surface area contributed by atoms with Crippen LogP contribution in [0, 0.1) is 11.6 Å². The summed E-state index contributed by atoms with van der Waals surface area (Å²) in [6.45, 7) is -0.0924. The SMILES string of the molecule is O=C(O)c1cc(Br)c(NCC(O)CCl)c(F)c1F. The van der Waals surface area contributed by atoms with Gasteiger partial charge in [-0.2, -0.15) is 0 Å². The van der Waals surface area contributed by atoms with Gasteiger partial charge in [-0.05, 0) is 22.0 Å². The van der Waals surface area contributed by atoms with Gasteiger partial charge >= 0.3 is 5.97 Å². The van der Waals surface area contributed by atoms with Crippen LogP contribution < -0.4 is 5.32 Å². The predicted molar refractivity (Wildman–Crippen MR) is 66.2 cm³/mol. The van der Waals surface area contributed by atoms with Crippen LogP contribution in [0.2, 0.25) is 0 Å². The number of hydrogen-bond donors (Lipinski definition) is 3. The van der Waals surface area contributed by atoms with Crippen molar-refractivity contribution in [3.63, 3.8) is 0 Å². The molecule has 0 aromatic heterocycles. The van der Waals surface area contributed by atoms with Crippen molar-refractivity contribution in [1.29, 1.82) is 0 Å². The Hall–Kier alpha value is -0.920. The summed E-state index contributed by atoms with van der Waals surface area (Å²) in [4.78, 5) is 10.6. The summed E-state index contributed by atoms with van der Waals surface area (Å²) in [6.07, 6.45) is -0.930. The highest BCUT2D eigenvalue weighted by atomic mass is 79.9. The summed E-state index contributed by atoms with van der Waals surface area (Å²) >= 11 is 8.27. The highest BCUT2D eigenvalue weighted by molar-refractivity contribution is 9.10. The maximum absolute atomic E-state index is 13.6. The van der Waals surface area contributed by atoms with Gasteiger partial charge in [0, 0.05) is 11.0 Å². The minimum Gasteiger partial charge on any atom is -0.478 e. The molecule has 100 valence electrons. The zero-order valence-electron chi connectivity index (χ0n) is 8.88. The van der Waals surface area contributed by atoms with E-state index in [4.69, 9.17) is 16.7 Å². The number of rotatable bonds is 5. The van der Waals surface area contributed by atoms with Gasteiger partial charge in [-0.15, -0.1) is 11.6 Å². The second-order valence-electron chi connectivity index (χ2n) is 3.40. The van der Waals surface area contributed by atoms with Crippen LogP contribution >= 0.6 is 27.5 Å². The molecule has 0 radical (unpaired) electrons. The van der Waals surface area contributed by atoms with Gasteiger partial charge < -0.3 is 15.5 Å². The van der Waals surface area contributed by atoms with Crippen molar-refractivity contribution in [1.82, 2.24) is 0 Å². The van der Waals surface area contributed by atoms with Crippen molar-refractivity contribution >= 4 is 39.2 Å². The number of nitrogens with one attached hydrogen (secondary N) is 1. The molecular formula is C10H9BrClF2NO3. The van der Waals surface area contributed by atoms with E-state index in [1.807, 2.05) is 0 Å². The number of carbonyl (C=O) groups is 1. The van der Waals surface area contributed by atoms with Gasteiger partial charge in [-0.3, -0.25) is 0 Å². The van der Waals surface area contributed by atoms with Crippen LogP contribution in [0.3, 0.4) is 0 Å². The maximum Gasteiger partial charge on any atom is 0.338 e. The molecule has 0 aliphatic carbocycles. The van der Waals surface area contributed by atoms with E-state index in [-0.39, 0.29) is 22.6 Å². The number of hydrogen-bond acceptors (Lipinski definition) is 3. The molecule has 1 aromatic rings. The lowest BCUT2D eigenvalue weighted by Crippen LogP contribution is -2.22. The van der Waals surface area contributed by atoms with Gasteiger partial charge in [0.25, 0.3) is 0 Å². The van der Waals surface area contributed by atoms with E-state index in [0.717, 1.165) is 6.07 Å². The zero-order valence-corrected chi connectivity index (χ0v) is 11.2. The summed E-state index contributed by atoms with van der Waals surface area (Å²) in [7, 11) is 0. The Labute approximate surface area is 115 Å². The average molecular weight is 345 g/mol. The standard InChI is InChI=1S/C10H9BrClF2NO3/c11-6-1-5(10(17)18)7(13)8(14)9(6)15-3-4(16)2-12/h1,4,15-16H,2-3H2,(H,17,18). The third-order valence-corrected chi connectivity index (χ3v) is 3.06. The molecule has 0 aliphatic heterocycles. The van der Waals surface area contributed by atoms with E-state index in [0.29, 0.717) is 0 Å². The predicted octanol–water partition coefficient (Wildman–Crippen LogP) is 2.44. The van der Waals surface area contributed by atoms with E-state index in [1.54, 1.807) is 0 Å². The molecule has 1 atom stereocenters. The minimum atomic E-state index is -1.57. The Bertz CT molecular complexity index is 473. The molecule has 0 saturated heterocycles. The van der Waals surface area contributed by atoms with Crippen molar-refractivity contribution in [3.05, 3.63) is 27.7 Å². The van der Waals surface area contributed by atoms with Crippen LogP contribution in [0.1, 0.15) is 10.4 Å². The first-order chi connectivity index (χ1) is 8.38. The van der Waals surface area contributed by atoms with Crippen molar-refractivity contribution in [2.24, 2.45) is 0 Å². The highest BCUT2D eigenvalue weighted by Gasteiger charge is 2.21. The number of aromatic carboxylic acids is 1. The van der Waals surface area contributed by atoms with Gasteiger partial charge in [0.15, 0.2) is 11.6 Å². The number of aliphatic hydroxyl groups excluding tert-OH is 1. The number of benzene rings is 1. The van der Waals surface area contributed by atoms with Crippen LogP contribution in [0.25, 0.3) is 0 Å². The number of alkyl halides is 1. The van der Waals surface area contributed by atoms with E-state index < -0.39 is 29.3 Å². The number of aliphatic hydroxyl groups is 1. The van der Waals surface area contributed by atoms with Gasteiger partial charge in [0.1, 0.15) is 0 Å². The zero-order chi connectivity index (χ0) is 13.9. The van der Waals surface area contributed by atoms with Crippen LogP contribution in [0.15, 0.2) is 10.5 Å². The fraction of sp³-hybridized carbons (Fsp3) is 0.300. The second kappa shape index (κ2) is 6.31. The van der Waals surface area contributed by atoms with Crippen LogP contribution in [0.4, 0.5) is 14.5 Å². The molecule has 0 aliphatic rings. The van der Waals surface area contributed by atoms with E-state index in [1.165, 1.54) is 0 Å². The van der Waals surface area contributed by atoms with Gasteiger partial charge in [0.05, 0.1) is 23.2 Å². The number of anilines is 1. The first-order valence-electron chi connectivity index (χ1n) is 4.77. The van der Waals surface area contributed by atoms with Crippen molar-refractivity contribution in [2.75, 3.05) is 17.7 Å². The molecule has 0 fully saturated rings. The summed E-state index contributed by atoms with van der Waals surface area (Å²) < 4.78 is 27.0. The van der Waals surface area contributed by atoms with Crippen LogP contribution in [-0.4, -0.2) is 34.7 Å². The van der Waals surface area contributed by atoms with E-state index >= 15 is 0 Å². The smallest absolute Gasteiger partial charge is 0.338 e. The first-order valence-corrected chi connectivity index (χ1v) is 6.10.